The lowest BCUT2D eigenvalue weighted by atomic mass is 10.1. The van der Waals surface area contributed by atoms with Crippen molar-refractivity contribution in [1.29, 1.82) is 0 Å². The first-order chi connectivity index (χ1) is 14.5. The number of hydrogen-bond acceptors (Lipinski definition) is 2. The van der Waals surface area contributed by atoms with Crippen LogP contribution < -0.4 is 5.56 Å². The number of benzene rings is 3. The van der Waals surface area contributed by atoms with E-state index < -0.39 is 0 Å². The van der Waals surface area contributed by atoms with Gasteiger partial charge < -0.3 is 9.88 Å². The molecule has 0 aliphatic heterocycles. The number of aryl methyl sites for hydroxylation is 2. The number of nitrogens with one attached hydrogen (secondary N) is 1. The van der Waals surface area contributed by atoms with E-state index in [1.54, 1.807) is 4.90 Å². The van der Waals surface area contributed by atoms with Gasteiger partial charge in [0.05, 0.1) is 6.54 Å². The summed E-state index contributed by atoms with van der Waals surface area (Å²) in [7, 11) is 0. The monoisotopic (exact) mass is 396 g/mol. The third kappa shape index (κ3) is 4.33. The largest absolute Gasteiger partial charge is 0.330 e. The van der Waals surface area contributed by atoms with E-state index in [2.05, 4.69) is 4.98 Å². The van der Waals surface area contributed by atoms with Gasteiger partial charge in [-0.1, -0.05) is 60.2 Å². The minimum Gasteiger partial charge on any atom is -0.330 e. The standard InChI is InChI=1S/C26H24N2O2/c1-18-8-11-21(12-9-18)26(30)28(16-20-6-4-3-5-7-20)17-23-15-22-13-10-19(2)14-24(22)27-25(23)29/h3-15H,16-17H2,1-2H3,(H,27,29). The lowest BCUT2D eigenvalue weighted by Gasteiger charge is -2.23. The van der Waals surface area contributed by atoms with Gasteiger partial charge in [-0.25, -0.2) is 0 Å². The number of carbonyl (C=O) groups is 1. The number of fused-ring (bicyclic) bond motifs is 1. The van der Waals surface area contributed by atoms with Crippen molar-refractivity contribution in [2.75, 3.05) is 0 Å². The van der Waals surface area contributed by atoms with Crippen molar-refractivity contribution >= 4 is 16.8 Å². The molecule has 4 heteroatoms. The summed E-state index contributed by atoms with van der Waals surface area (Å²) < 4.78 is 0. The first-order valence-corrected chi connectivity index (χ1v) is 10.0. The average Bonchev–Trinajstić information content (AvgIpc) is 2.74. The Morgan fingerprint density at radius 3 is 2.27 bits per heavy atom. The van der Waals surface area contributed by atoms with Crippen molar-refractivity contribution in [2.24, 2.45) is 0 Å². The van der Waals surface area contributed by atoms with Crippen molar-refractivity contribution < 1.29 is 4.79 Å². The van der Waals surface area contributed by atoms with E-state index in [1.807, 2.05) is 92.7 Å². The fourth-order valence-electron chi connectivity index (χ4n) is 3.57. The molecule has 3 aromatic carbocycles. The molecule has 0 atom stereocenters. The van der Waals surface area contributed by atoms with Gasteiger partial charge in [0.25, 0.3) is 11.5 Å². The number of amides is 1. The molecule has 1 heterocycles. The second kappa shape index (κ2) is 8.37. The highest BCUT2D eigenvalue weighted by molar-refractivity contribution is 5.94. The number of rotatable bonds is 5. The zero-order valence-corrected chi connectivity index (χ0v) is 17.2. The van der Waals surface area contributed by atoms with Gasteiger partial charge in [-0.2, -0.15) is 0 Å². The lowest BCUT2D eigenvalue weighted by molar-refractivity contribution is 0.0729. The molecule has 0 aliphatic rings. The van der Waals surface area contributed by atoms with E-state index in [0.29, 0.717) is 17.7 Å². The van der Waals surface area contributed by atoms with Crippen molar-refractivity contribution in [1.82, 2.24) is 9.88 Å². The molecule has 4 aromatic rings. The van der Waals surface area contributed by atoms with Gasteiger partial charge in [-0.3, -0.25) is 9.59 Å². The van der Waals surface area contributed by atoms with Gasteiger partial charge in [-0.05, 0) is 54.6 Å². The Morgan fingerprint density at radius 1 is 0.833 bits per heavy atom. The molecule has 0 saturated heterocycles. The maximum atomic E-state index is 13.3. The molecule has 0 bridgehead atoms. The maximum Gasteiger partial charge on any atom is 0.254 e. The first kappa shape index (κ1) is 19.6. The van der Waals surface area contributed by atoms with Crippen LogP contribution in [0.2, 0.25) is 0 Å². The summed E-state index contributed by atoms with van der Waals surface area (Å²) >= 11 is 0. The number of nitrogens with zero attached hydrogens (tertiary/aromatic N) is 1. The van der Waals surface area contributed by atoms with Crippen LogP contribution in [0.3, 0.4) is 0 Å². The van der Waals surface area contributed by atoms with Crippen molar-refractivity contribution in [3.63, 3.8) is 0 Å². The Labute approximate surface area is 175 Å². The zero-order chi connectivity index (χ0) is 21.1. The average molecular weight is 396 g/mol. The van der Waals surface area contributed by atoms with E-state index >= 15 is 0 Å². The van der Waals surface area contributed by atoms with Crippen molar-refractivity contribution in [2.45, 2.75) is 26.9 Å². The predicted octanol–water partition coefficient (Wildman–Crippen LogP) is 4.99. The van der Waals surface area contributed by atoms with E-state index in [9.17, 15) is 9.59 Å². The van der Waals surface area contributed by atoms with Crippen LogP contribution in [0.25, 0.3) is 10.9 Å². The number of hydrogen-bond donors (Lipinski definition) is 1. The number of aromatic nitrogens is 1. The van der Waals surface area contributed by atoms with Gasteiger partial charge in [0, 0.05) is 23.2 Å². The smallest absolute Gasteiger partial charge is 0.254 e. The number of carbonyl (C=O) groups excluding carboxylic acids is 1. The molecule has 4 nitrogen and oxygen atoms in total. The van der Waals surface area contributed by atoms with Gasteiger partial charge in [-0.15, -0.1) is 0 Å². The van der Waals surface area contributed by atoms with Crippen molar-refractivity contribution in [3.05, 3.63) is 117 Å². The van der Waals surface area contributed by atoms with Crippen LogP contribution in [0.4, 0.5) is 0 Å². The summed E-state index contributed by atoms with van der Waals surface area (Å²) in [4.78, 5) is 30.7. The van der Waals surface area contributed by atoms with Crippen molar-refractivity contribution in [3.8, 4) is 0 Å². The molecule has 0 saturated carbocycles. The Hall–Kier alpha value is -3.66. The highest BCUT2D eigenvalue weighted by Gasteiger charge is 2.18. The SMILES string of the molecule is Cc1ccc(C(=O)N(Cc2ccccc2)Cc2cc3ccc(C)cc3[nH]c2=O)cc1. The van der Waals surface area contributed by atoms with E-state index in [4.69, 9.17) is 0 Å². The Kier molecular flexibility index (Phi) is 5.48. The third-order valence-electron chi connectivity index (χ3n) is 5.24. The van der Waals surface area contributed by atoms with Crippen LogP contribution in [-0.2, 0) is 13.1 Å². The zero-order valence-electron chi connectivity index (χ0n) is 17.2. The normalized spacial score (nSPS) is 10.9. The molecule has 1 aromatic heterocycles. The van der Waals surface area contributed by atoms with Crippen LogP contribution in [0.15, 0.2) is 83.7 Å². The minimum absolute atomic E-state index is 0.0951. The molecule has 1 amide bonds. The summed E-state index contributed by atoms with van der Waals surface area (Å²) in [6, 6.07) is 25.2. The lowest BCUT2D eigenvalue weighted by Crippen LogP contribution is -2.32. The second-order valence-corrected chi connectivity index (χ2v) is 7.73. The fraction of sp³-hybridized carbons (Fsp3) is 0.154. The Bertz CT molecular complexity index is 1240. The van der Waals surface area contributed by atoms with Gasteiger partial charge in [0.1, 0.15) is 0 Å². The molecule has 30 heavy (non-hydrogen) atoms. The van der Waals surface area contributed by atoms with E-state index in [1.165, 1.54) is 0 Å². The van der Waals surface area contributed by atoms with Crippen LogP contribution in [0.5, 0.6) is 0 Å². The van der Waals surface area contributed by atoms with E-state index in [-0.39, 0.29) is 18.0 Å². The molecule has 0 radical (unpaired) electrons. The summed E-state index contributed by atoms with van der Waals surface area (Å²) in [5.41, 5.74) is 5.04. The van der Waals surface area contributed by atoms with Crippen LogP contribution in [-0.4, -0.2) is 15.8 Å². The quantitative estimate of drug-likeness (QED) is 0.517. The fourth-order valence-corrected chi connectivity index (χ4v) is 3.57. The minimum atomic E-state index is -0.164. The van der Waals surface area contributed by atoms with Crippen LogP contribution >= 0.6 is 0 Å². The summed E-state index contributed by atoms with van der Waals surface area (Å²) in [5.74, 6) is -0.0951. The number of H-pyrrole nitrogens is 1. The molecule has 150 valence electrons. The molecule has 0 spiro atoms. The topological polar surface area (TPSA) is 53.2 Å². The van der Waals surface area contributed by atoms with Crippen LogP contribution in [0.1, 0.15) is 32.6 Å². The predicted molar refractivity (Wildman–Crippen MR) is 121 cm³/mol. The molecular formula is C26H24N2O2. The summed E-state index contributed by atoms with van der Waals surface area (Å²) in [6.07, 6.45) is 0. The molecule has 0 fully saturated rings. The van der Waals surface area contributed by atoms with Gasteiger partial charge in [0.15, 0.2) is 0 Å². The summed E-state index contributed by atoms with van der Waals surface area (Å²) in [6.45, 7) is 4.65. The molecule has 1 N–H and O–H groups in total. The molecule has 0 unspecified atom stereocenters. The highest BCUT2D eigenvalue weighted by atomic mass is 16.2. The highest BCUT2D eigenvalue weighted by Crippen LogP contribution is 2.17. The van der Waals surface area contributed by atoms with Crippen LogP contribution in [0, 0.1) is 13.8 Å². The third-order valence-corrected chi connectivity index (χ3v) is 5.24. The second-order valence-electron chi connectivity index (χ2n) is 7.73. The first-order valence-electron chi connectivity index (χ1n) is 10.0. The summed E-state index contributed by atoms with van der Waals surface area (Å²) in [5, 5.41) is 0.956. The van der Waals surface area contributed by atoms with Gasteiger partial charge >= 0.3 is 0 Å². The molecular weight excluding hydrogens is 372 g/mol. The van der Waals surface area contributed by atoms with E-state index in [0.717, 1.165) is 27.6 Å². The molecule has 4 rings (SSSR count). The number of pyridine rings is 1. The Morgan fingerprint density at radius 2 is 1.53 bits per heavy atom. The maximum absolute atomic E-state index is 13.3. The Balaban J connectivity index is 1.70. The molecule has 0 aliphatic carbocycles. The number of aromatic amines is 1. The van der Waals surface area contributed by atoms with Gasteiger partial charge in [0.2, 0.25) is 0 Å².